The van der Waals surface area contributed by atoms with Crippen LogP contribution in [0.2, 0.25) is 5.02 Å². The normalized spacial score (nSPS) is 12.7. The molecule has 0 aliphatic heterocycles. The van der Waals surface area contributed by atoms with Gasteiger partial charge in [-0.25, -0.2) is 4.68 Å². The van der Waals surface area contributed by atoms with Gasteiger partial charge in [-0.05, 0) is 38.6 Å². The van der Waals surface area contributed by atoms with E-state index in [0.29, 0.717) is 11.1 Å². The van der Waals surface area contributed by atoms with E-state index < -0.39 is 0 Å². The molecule has 90 valence electrons. The third-order valence-electron chi connectivity index (χ3n) is 2.93. The van der Waals surface area contributed by atoms with Crippen LogP contribution in [0.1, 0.15) is 24.2 Å². The van der Waals surface area contributed by atoms with E-state index in [9.17, 15) is 0 Å². The maximum absolute atomic E-state index is 5.99. The van der Waals surface area contributed by atoms with Crippen LogP contribution in [-0.2, 0) is 0 Å². The second-order valence-electron chi connectivity index (χ2n) is 4.11. The highest BCUT2D eigenvalue weighted by Crippen LogP contribution is 2.18. The summed E-state index contributed by atoms with van der Waals surface area (Å²) >= 11 is 5.99. The number of benzene rings is 1. The Bertz CT molecular complexity index is 482. The Kier molecular flexibility index (Phi) is 3.50. The van der Waals surface area contributed by atoms with E-state index in [1.165, 1.54) is 5.56 Å². The Labute approximate surface area is 106 Å². The fraction of sp³-hybridized carbons (Fsp3) is 0.308. The van der Waals surface area contributed by atoms with Gasteiger partial charge in [0.2, 0.25) is 0 Å². The van der Waals surface area contributed by atoms with Gasteiger partial charge in [0.1, 0.15) is 0 Å². The molecule has 0 saturated heterocycles. The maximum atomic E-state index is 5.99. The Hall–Kier alpha value is -1.32. The molecule has 2 aromatic rings. The predicted octanol–water partition coefficient (Wildman–Crippen LogP) is 3.11. The first-order valence-corrected chi connectivity index (χ1v) is 5.99. The molecule has 1 aromatic heterocycles. The van der Waals surface area contributed by atoms with Crippen molar-refractivity contribution in [2.24, 2.45) is 0 Å². The number of aromatic nitrogens is 2. The van der Waals surface area contributed by atoms with Crippen molar-refractivity contribution in [2.45, 2.75) is 19.9 Å². The summed E-state index contributed by atoms with van der Waals surface area (Å²) in [7, 11) is 1.95. The van der Waals surface area contributed by atoms with Crippen molar-refractivity contribution in [3.8, 4) is 5.69 Å². The van der Waals surface area contributed by atoms with E-state index in [4.69, 9.17) is 11.6 Å². The molecule has 1 heterocycles. The minimum atomic E-state index is 0.354. The molecule has 0 spiro atoms. The maximum Gasteiger partial charge on any atom is 0.0819 e. The number of nitrogens with zero attached hydrogens (tertiary/aromatic N) is 2. The van der Waals surface area contributed by atoms with Crippen LogP contribution in [0, 0.1) is 6.92 Å². The summed E-state index contributed by atoms with van der Waals surface area (Å²) in [5.41, 5.74) is 3.12. The Morgan fingerprint density at radius 1 is 1.29 bits per heavy atom. The average molecular weight is 250 g/mol. The van der Waals surface area contributed by atoms with Crippen molar-refractivity contribution in [1.29, 1.82) is 0 Å². The van der Waals surface area contributed by atoms with E-state index in [-0.39, 0.29) is 0 Å². The first-order valence-electron chi connectivity index (χ1n) is 5.61. The molecule has 3 nitrogen and oxygen atoms in total. The second kappa shape index (κ2) is 4.90. The third kappa shape index (κ3) is 2.51. The van der Waals surface area contributed by atoms with Gasteiger partial charge in [0, 0.05) is 12.2 Å². The van der Waals surface area contributed by atoms with Crippen LogP contribution in [-0.4, -0.2) is 16.8 Å². The molecule has 1 atom stereocenters. The first kappa shape index (κ1) is 12.1. The summed E-state index contributed by atoms with van der Waals surface area (Å²) in [5, 5.41) is 8.25. The van der Waals surface area contributed by atoms with E-state index in [1.54, 1.807) is 4.68 Å². The van der Waals surface area contributed by atoms with Crippen molar-refractivity contribution in [1.82, 2.24) is 15.1 Å². The largest absolute Gasteiger partial charge is 0.313 e. The van der Waals surface area contributed by atoms with Crippen LogP contribution in [0.4, 0.5) is 0 Å². The summed E-state index contributed by atoms with van der Waals surface area (Å²) in [4.78, 5) is 0. The van der Waals surface area contributed by atoms with Gasteiger partial charge in [0.05, 0.1) is 16.4 Å². The lowest BCUT2D eigenvalue weighted by molar-refractivity contribution is 0.652. The zero-order valence-electron chi connectivity index (χ0n) is 10.2. The molecule has 0 bridgehead atoms. The number of hydrogen-bond donors (Lipinski definition) is 1. The van der Waals surface area contributed by atoms with Gasteiger partial charge < -0.3 is 5.32 Å². The van der Waals surface area contributed by atoms with E-state index in [2.05, 4.69) is 29.5 Å². The second-order valence-corrected chi connectivity index (χ2v) is 4.52. The average Bonchev–Trinajstić information content (AvgIpc) is 2.69. The topological polar surface area (TPSA) is 29.9 Å². The van der Waals surface area contributed by atoms with Gasteiger partial charge >= 0.3 is 0 Å². The minimum absolute atomic E-state index is 0.354. The summed E-state index contributed by atoms with van der Waals surface area (Å²) < 4.78 is 1.80. The van der Waals surface area contributed by atoms with Crippen LogP contribution in [0.5, 0.6) is 0 Å². The highest BCUT2D eigenvalue weighted by Gasteiger charge is 2.05. The Morgan fingerprint density at radius 2 is 1.94 bits per heavy atom. The highest BCUT2D eigenvalue weighted by molar-refractivity contribution is 6.31. The number of hydrogen-bond acceptors (Lipinski definition) is 2. The molecule has 4 heteroatoms. The van der Waals surface area contributed by atoms with Crippen molar-refractivity contribution in [3.63, 3.8) is 0 Å². The fourth-order valence-electron chi connectivity index (χ4n) is 1.65. The number of aryl methyl sites for hydroxylation is 1. The van der Waals surface area contributed by atoms with Gasteiger partial charge in [-0.1, -0.05) is 23.7 Å². The molecule has 0 amide bonds. The zero-order chi connectivity index (χ0) is 12.4. The molecule has 1 aromatic carbocycles. The summed E-state index contributed by atoms with van der Waals surface area (Å²) in [6, 6.07) is 8.65. The molecule has 0 aliphatic carbocycles. The van der Waals surface area contributed by atoms with Crippen LogP contribution >= 0.6 is 11.6 Å². The van der Waals surface area contributed by atoms with Gasteiger partial charge in [-0.3, -0.25) is 0 Å². The molecule has 1 N–H and O–H groups in total. The van der Waals surface area contributed by atoms with Gasteiger partial charge in [0.15, 0.2) is 0 Å². The van der Waals surface area contributed by atoms with Crippen LogP contribution in [0.25, 0.3) is 5.69 Å². The van der Waals surface area contributed by atoms with Crippen LogP contribution in [0.3, 0.4) is 0 Å². The van der Waals surface area contributed by atoms with E-state index in [1.807, 2.05) is 32.3 Å². The van der Waals surface area contributed by atoms with E-state index >= 15 is 0 Å². The molecule has 0 aliphatic rings. The van der Waals surface area contributed by atoms with Crippen molar-refractivity contribution in [2.75, 3.05) is 7.05 Å². The Balaban J connectivity index is 2.29. The number of rotatable bonds is 3. The smallest absolute Gasteiger partial charge is 0.0819 e. The van der Waals surface area contributed by atoms with Crippen molar-refractivity contribution in [3.05, 3.63) is 46.7 Å². The first-order chi connectivity index (χ1) is 8.11. The minimum Gasteiger partial charge on any atom is -0.313 e. The SMILES string of the molecule is CNC(C)c1ccc(-n2cc(Cl)c(C)n2)cc1. The third-order valence-corrected chi connectivity index (χ3v) is 3.30. The molecule has 1 unspecified atom stereocenters. The summed E-state index contributed by atoms with van der Waals surface area (Å²) in [5.74, 6) is 0. The molecular formula is C13H16ClN3. The molecule has 0 saturated carbocycles. The predicted molar refractivity (Wildman–Crippen MR) is 70.8 cm³/mol. The lowest BCUT2D eigenvalue weighted by Crippen LogP contribution is -2.12. The van der Waals surface area contributed by atoms with Gasteiger partial charge in [-0.15, -0.1) is 0 Å². The zero-order valence-corrected chi connectivity index (χ0v) is 11.0. The Morgan fingerprint density at radius 3 is 2.41 bits per heavy atom. The fourth-order valence-corrected chi connectivity index (χ4v) is 1.78. The lowest BCUT2D eigenvalue weighted by atomic mass is 10.1. The van der Waals surface area contributed by atoms with Gasteiger partial charge in [-0.2, -0.15) is 5.10 Å². The van der Waals surface area contributed by atoms with Crippen LogP contribution < -0.4 is 5.32 Å². The quantitative estimate of drug-likeness (QED) is 0.906. The number of nitrogens with one attached hydrogen (secondary N) is 1. The van der Waals surface area contributed by atoms with Crippen LogP contribution in [0.15, 0.2) is 30.5 Å². The molecule has 2 rings (SSSR count). The summed E-state index contributed by atoms with van der Waals surface area (Å²) in [6.07, 6.45) is 1.83. The standard InChI is InChI=1S/C13H16ClN3/c1-9(15-3)11-4-6-12(7-5-11)17-8-13(14)10(2)16-17/h4-9,15H,1-3H3. The summed E-state index contributed by atoms with van der Waals surface area (Å²) in [6.45, 7) is 4.03. The van der Waals surface area contributed by atoms with Crippen molar-refractivity contribution < 1.29 is 0 Å². The van der Waals surface area contributed by atoms with Crippen molar-refractivity contribution >= 4 is 11.6 Å². The van der Waals surface area contributed by atoms with Gasteiger partial charge in [0.25, 0.3) is 0 Å². The molecule has 17 heavy (non-hydrogen) atoms. The lowest BCUT2D eigenvalue weighted by Gasteiger charge is -2.11. The number of halogens is 1. The highest BCUT2D eigenvalue weighted by atomic mass is 35.5. The van der Waals surface area contributed by atoms with E-state index in [0.717, 1.165) is 11.4 Å². The monoisotopic (exact) mass is 249 g/mol. The molecule has 0 fully saturated rings. The molecular weight excluding hydrogens is 234 g/mol. The molecule has 0 radical (unpaired) electrons.